The van der Waals surface area contributed by atoms with Crippen LogP contribution in [0.4, 0.5) is 13.2 Å². The summed E-state index contributed by atoms with van der Waals surface area (Å²) in [5.74, 6) is 0.106. The molecule has 1 aromatic carbocycles. The van der Waals surface area contributed by atoms with E-state index in [1.54, 1.807) is 12.1 Å². The third kappa shape index (κ3) is 4.99. The number of amides is 1. The summed E-state index contributed by atoms with van der Waals surface area (Å²) in [7, 11) is 0. The number of likely N-dealkylation sites (tertiary alicyclic amines) is 1. The minimum atomic E-state index is -4.38. The number of carbonyl (C=O) groups is 1. The number of nitrogens with one attached hydrogen (secondary N) is 1. The number of halogens is 4. The number of hydrogen-bond donors (Lipinski definition) is 1. The lowest BCUT2D eigenvalue weighted by Gasteiger charge is -2.48. The van der Waals surface area contributed by atoms with Gasteiger partial charge in [-0.05, 0) is 80.0 Å². The fraction of sp³-hybridized carbons (Fsp3) is 0.613. The van der Waals surface area contributed by atoms with E-state index >= 15 is 0 Å². The molecule has 210 valence electrons. The van der Waals surface area contributed by atoms with Crippen LogP contribution in [0.25, 0.3) is 0 Å². The van der Waals surface area contributed by atoms with Gasteiger partial charge in [-0.25, -0.2) is 4.98 Å². The maximum atomic E-state index is 14.5. The van der Waals surface area contributed by atoms with E-state index in [4.69, 9.17) is 11.6 Å². The minimum absolute atomic E-state index is 0.0260. The molecule has 0 bridgehead atoms. The Morgan fingerprint density at radius 3 is 2.64 bits per heavy atom. The number of hydrogen-bond acceptors (Lipinski definition) is 3. The van der Waals surface area contributed by atoms with Gasteiger partial charge in [-0.15, -0.1) is 0 Å². The fourth-order valence-corrected chi connectivity index (χ4v) is 8.45. The highest BCUT2D eigenvalue weighted by atomic mass is 35.5. The Balaban J connectivity index is 1.32. The van der Waals surface area contributed by atoms with Crippen molar-refractivity contribution in [3.63, 3.8) is 0 Å². The average molecular weight is 560 g/mol. The van der Waals surface area contributed by atoms with E-state index < -0.39 is 11.7 Å². The summed E-state index contributed by atoms with van der Waals surface area (Å²) in [5, 5.41) is 4.01. The van der Waals surface area contributed by atoms with E-state index in [2.05, 4.69) is 21.3 Å². The summed E-state index contributed by atoms with van der Waals surface area (Å²) in [4.78, 5) is 21.2. The van der Waals surface area contributed by atoms with Crippen molar-refractivity contribution in [3.05, 3.63) is 63.9 Å². The number of rotatable bonds is 3. The van der Waals surface area contributed by atoms with Crippen molar-refractivity contribution in [2.75, 3.05) is 19.6 Å². The highest BCUT2D eigenvalue weighted by molar-refractivity contribution is 6.29. The van der Waals surface area contributed by atoms with Crippen LogP contribution in [0.2, 0.25) is 5.15 Å². The first kappa shape index (κ1) is 27.1. The van der Waals surface area contributed by atoms with Crippen molar-refractivity contribution in [1.29, 1.82) is 0 Å². The topological polar surface area (TPSA) is 45.2 Å². The van der Waals surface area contributed by atoms with Gasteiger partial charge in [-0.2, -0.15) is 13.2 Å². The molecule has 39 heavy (non-hydrogen) atoms. The Kier molecular flexibility index (Phi) is 7.42. The molecule has 1 aromatic heterocycles. The summed E-state index contributed by atoms with van der Waals surface area (Å²) in [6.07, 6.45) is 5.08. The van der Waals surface area contributed by atoms with Gasteiger partial charge in [-0.1, -0.05) is 55.1 Å². The van der Waals surface area contributed by atoms with Crippen molar-refractivity contribution in [2.24, 2.45) is 11.8 Å². The summed E-state index contributed by atoms with van der Waals surface area (Å²) >= 11 is 6.23. The first-order valence-electron chi connectivity index (χ1n) is 14.6. The van der Waals surface area contributed by atoms with Crippen LogP contribution in [0.5, 0.6) is 0 Å². The Bertz CT molecular complexity index is 1210. The van der Waals surface area contributed by atoms with Gasteiger partial charge in [-0.3, -0.25) is 4.79 Å². The summed E-state index contributed by atoms with van der Waals surface area (Å²) in [5.41, 5.74) is 1.70. The number of pyridine rings is 1. The maximum absolute atomic E-state index is 14.5. The smallest absolute Gasteiger partial charge is 0.339 e. The third-order valence-corrected chi connectivity index (χ3v) is 10.3. The van der Waals surface area contributed by atoms with Crippen LogP contribution < -0.4 is 5.32 Å². The van der Waals surface area contributed by atoms with E-state index in [0.717, 1.165) is 62.7 Å². The Morgan fingerprint density at radius 2 is 1.85 bits per heavy atom. The van der Waals surface area contributed by atoms with Crippen LogP contribution in [0.3, 0.4) is 0 Å². The molecular formula is C31H37ClF3N3O. The largest absolute Gasteiger partial charge is 0.416 e. The zero-order chi connectivity index (χ0) is 27.2. The van der Waals surface area contributed by atoms with Crippen molar-refractivity contribution in [1.82, 2.24) is 15.2 Å². The first-order chi connectivity index (χ1) is 18.8. The second-order valence-electron chi connectivity index (χ2n) is 12.1. The molecule has 3 heterocycles. The van der Waals surface area contributed by atoms with Gasteiger partial charge in [0.05, 0.1) is 11.5 Å². The average Bonchev–Trinajstić information content (AvgIpc) is 3.36. The van der Waals surface area contributed by atoms with Crippen LogP contribution in [0, 0.1) is 11.8 Å². The van der Waals surface area contributed by atoms with Crippen LogP contribution in [-0.4, -0.2) is 41.5 Å². The lowest BCUT2D eigenvalue weighted by Crippen LogP contribution is -2.55. The highest BCUT2D eigenvalue weighted by Gasteiger charge is 2.53. The summed E-state index contributed by atoms with van der Waals surface area (Å²) in [6, 6.07) is 9.92. The van der Waals surface area contributed by atoms with E-state index in [9.17, 15) is 18.0 Å². The van der Waals surface area contributed by atoms with Crippen LogP contribution in [0.1, 0.15) is 86.1 Å². The van der Waals surface area contributed by atoms with E-state index in [1.807, 2.05) is 6.07 Å². The van der Waals surface area contributed by atoms with Crippen LogP contribution in [-0.2, 0) is 22.8 Å². The van der Waals surface area contributed by atoms with Crippen molar-refractivity contribution < 1.29 is 18.0 Å². The van der Waals surface area contributed by atoms with Gasteiger partial charge < -0.3 is 10.2 Å². The zero-order valence-corrected chi connectivity index (χ0v) is 23.0. The number of carbonyl (C=O) groups excluding carboxylic acids is 1. The zero-order valence-electron chi connectivity index (χ0n) is 22.3. The monoisotopic (exact) mass is 559 g/mol. The molecule has 4 aliphatic rings. The van der Waals surface area contributed by atoms with Gasteiger partial charge in [0.2, 0.25) is 5.91 Å². The molecule has 1 amide bonds. The highest BCUT2D eigenvalue weighted by Crippen LogP contribution is 2.48. The number of benzene rings is 1. The van der Waals surface area contributed by atoms with Gasteiger partial charge in [0, 0.05) is 36.8 Å². The van der Waals surface area contributed by atoms with Gasteiger partial charge in [0.15, 0.2) is 0 Å². The molecular weight excluding hydrogens is 523 g/mol. The Morgan fingerprint density at radius 1 is 1.05 bits per heavy atom. The van der Waals surface area contributed by atoms with E-state index in [-0.39, 0.29) is 29.2 Å². The number of aryl methyl sites for hydroxylation is 1. The number of fused-ring (bicyclic) bond motifs is 2. The lowest BCUT2D eigenvalue weighted by molar-refractivity contribution is -0.144. The molecule has 4 nitrogen and oxygen atoms in total. The molecule has 3 fully saturated rings. The number of piperidine rings is 1. The van der Waals surface area contributed by atoms with Crippen molar-refractivity contribution >= 4 is 17.5 Å². The van der Waals surface area contributed by atoms with E-state index in [1.165, 1.54) is 18.6 Å². The molecule has 1 unspecified atom stereocenters. The molecule has 1 spiro atoms. The quantitative estimate of drug-likeness (QED) is 0.416. The number of alkyl halides is 3. The van der Waals surface area contributed by atoms with Gasteiger partial charge in [0.1, 0.15) is 5.15 Å². The Labute approximate surface area is 233 Å². The number of nitrogens with zero attached hydrogens (tertiary/aromatic N) is 2. The molecule has 2 aromatic rings. The predicted molar refractivity (Wildman–Crippen MR) is 146 cm³/mol. The Hall–Kier alpha value is -2.12. The standard InChI is InChI=1S/C31H37ClF3N3O/c32-28-13-12-24-26(37-28)11-6-15-30(24)19-36-18-25(30)29(39)38-16-14-21(17-27(38)20-7-2-1-3-8-20)22-9-4-5-10-23(22)31(33,34)35/h4-5,9-10,12-13,20-21,25,27,36H,1-3,6-8,11,14-19H2/t21?,25-,27-,30-/m0/s1. The normalized spacial score (nSPS) is 29.9. The molecule has 1 N–H and O–H groups in total. The van der Waals surface area contributed by atoms with Crippen molar-refractivity contribution in [2.45, 2.75) is 87.8 Å². The van der Waals surface area contributed by atoms with Gasteiger partial charge >= 0.3 is 6.18 Å². The molecule has 1 saturated carbocycles. The SMILES string of the molecule is O=C([C@@H]1CNC[C@]12CCCc1nc(Cl)ccc12)N1CCC(c2ccccc2C(F)(F)F)C[C@H]1C1CCCCC1. The molecule has 8 heteroatoms. The summed E-state index contributed by atoms with van der Waals surface area (Å²) < 4.78 is 41.8. The molecule has 2 saturated heterocycles. The van der Waals surface area contributed by atoms with Gasteiger partial charge in [0.25, 0.3) is 0 Å². The molecule has 2 aliphatic carbocycles. The number of aromatic nitrogens is 1. The van der Waals surface area contributed by atoms with E-state index in [0.29, 0.717) is 42.6 Å². The second kappa shape index (κ2) is 10.7. The van der Waals surface area contributed by atoms with Crippen molar-refractivity contribution in [3.8, 4) is 0 Å². The minimum Gasteiger partial charge on any atom is -0.339 e. The predicted octanol–water partition coefficient (Wildman–Crippen LogP) is 6.90. The fourth-order valence-electron chi connectivity index (χ4n) is 8.28. The third-order valence-electron chi connectivity index (χ3n) is 10.1. The first-order valence-corrected chi connectivity index (χ1v) is 15.0. The lowest BCUT2D eigenvalue weighted by atomic mass is 9.64. The summed E-state index contributed by atoms with van der Waals surface area (Å²) in [6.45, 7) is 1.87. The van der Waals surface area contributed by atoms with Crippen LogP contribution in [0.15, 0.2) is 36.4 Å². The molecule has 6 rings (SSSR count). The maximum Gasteiger partial charge on any atom is 0.416 e. The van der Waals surface area contributed by atoms with Crippen LogP contribution >= 0.6 is 11.6 Å². The molecule has 4 atom stereocenters. The second-order valence-corrected chi connectivity index (χ2v) is 12.5. The molecule has 2 aliphatic heterocycles. The molecule has 0 radical (unpaired) electrons.